The van der Waals surface area contributed by atoms with Gasteiger partial charge in [-0.3, -0.25) is 9.69 Å². The standard InChI is InChI=1S/C19H30N4O3/c1-2-17(24)14-21-18-4-3-15(13-20-18)19(25)23-7-5-16(6-8-23)22-9-11-26-12-10-22/h3-4,13,16-17,24H,2,5-12,14H2,1H3,(H,20,21)/t17-/m0/s1. The number of likely N-dealkylation sites (tertiary alicyclic amines) is 1. The lowest BCUT2D eigenvalue weighted by molar-refractivity contribution is 0.00158. The Morgan fingerprint density at radius 1 is 1.31 bits per heavy atom. The van der Waals surface area contributed by atoms with Crippen LogP contribution in [0.5, 0.6) is 0 Å². The third kappa shape index (κ3) is 4.93. The van der Waals surface area contributed by atoms with Crippen LogP contribution in [-0.2, 0) is 4.74 Å². The SMILES string of the molecule is CC[C@H](O)CNc1ccc(C(=O)N2CCC(N3CCOCC3)CC2)cn1. The van der Waals surface area contributed by atoms with Crippen LogP contribution in [0.25, 0.3) is 0 Å². The molecule has 2 N–H and O–H groups in total. The summed E-state index contributed by atoms with van der Waals surface area (Å²) in [5.41, 5.74) is 0.622. The summed E-state index contributed by atoms with van der Waals surface area (Å²) in [5, 5.41) is 12.7. The highest BCUT2D eigenvalue weighted by atomic mass is 16.5. The first-order valence-electron chi connectivity index (χ1n) is 9.66. The van der Waals surface area contributed by atoms with E-state index in [0.29, 0.717) is 30.4 Å². The van der Waals surface area contributed by atoms with E-state index in [9.17, 15) is 9.90 Å². The summed E-state index contributed by atoms with van der Waals surface area (Å²) in [5.74, 6) is 0.734. The Bertz CT molecular complexity index is 567. The minimum absolute atomic E-state index is 0.0538. The number of hydrogen-bond donors (Lipinski definition) is 2. The Labute approximate surface area is 155 Å². The van der Waals surface area contributed by atoms with Crippen molar-refractivity contribution in [2.75, 3.05) is 51.3 Å². The molecule has 7 nitrogen and oxygen atoms in total. The smallest absolute Gasteiger partial charge is 0.255 e. The molecule has 26 heavy (non-hydrogen) atoms. The summed E-state index contributed by atoms with van der Waals surface area (Å²) in [4.78, 5) is 21.4. The lowest BCUT2D eigenvalue weighted by Gasteiger charge is -2.40. The van der Waals surface area contributed by atoms with Crippen LogP contribution in [0.4, 0.5) is 5.82 Å². The van der Waals surface area contributed by atoms with Crippen LogP contribution in [0.2, 0.25) is 0 Å². The molecule has 0 spiro atoms. The third-order valence-electron chi connectivity index (χ3n) is 5.31. The van der Waals surface area contributed by atoms with Gasteiger partial charge in [0.25, 0.3) is 5.91 Å². The van der Waals surface area contributed by atoms with E-state index in [2.05, 4.69) is 15.2 Å². The highest BCUT2D eigenvalue weighted by Crippen LogP contribution is 2.19. The van der Waals surface area contributed by atoms with Gasteiger partial charge in [-0.15, -0.1) is 0 Å². The Kier molecular flexibility index (Phi) is 6.82. The van der Waals surface area contributed by atoms with Crippen molar-refractivity contribution in [1.29, 1.82) is 0 Å². The largest absolute Gasteiger partial charge is 0.391 e. The van der Waals surface area contributed by atoms with Crippen LogP contribution in [-0.4, -0.2) is 83.9 Å². The average Bonchev–Trinajstić information content (AvgIpc) is 2.72. The number of pyridine rings is 1. The number of anilines is 1. The van der Waals surface area contributed by atoms with Gasteiger partial charge in [0.1, 0.15) is 5.82 Å². The number of rotatable bonds is 6. The topological polar surface area (TPSA) is 77.9 Å². The van der Waals surface area contributed by atoms with Gasteiger partial charge >= 0.3 is 0 Å². The summed E-state index contributed by atoms with van der Waals surface area (Å²) < 4.78 is 5.42. The predicted octanol–water partition coefficient (Wildman–Crippen LogP) is 1.20. The van der Waals surface area contributed by atoms with E-state index in [4.69, 9.17) is 4.74 Å². The van der Waals surface area contributed by atoms with Crippen LogP contribution in [0.15, 0.2) is 18.3 Å². The molecule has 1 aromatic rings. The van der Waals surface area contributed by atoms with E-state index in [1.807, 2.05) is 17.9 Å². The maximum atomic E-state index is 12.7. The molecule has 144 valence electrons. The van der Waals surface area contributed by atoms with Crippen LogP contribution in [0.3, 0.4) is 0 Å². The molecule has 0 aromatic carbocycles. The molecule has 3 heterocycles. The highest BCUT2D eigenvalue weighted by Gasteiger charge is 2.28. The number of aliphatic hydroxyl groups excluding tert-OH is 1. The molecule has 3 rings (SSSR count). The predicted molar refractivity (Wildman–Crippen MR) is 100 cm³/mol. The van der Waals surface area contributed by atoms with Gasteiger partial charge in [-0.05, 0) is 31.4 Å². The molecule has 2 saturated heterocycles. The van der Waals surface area contributed by atoms with Crippen molar-refractivity contribution in [2.24, 2.45) is 0 Å². The van der Waals surface area contributed by atoms with Crippen molar-refractivity contribution in [3.8, 4) is 0 Å². The Hall–Kier alpha value is -1.70. The van der Waals surface area contributed by atoms with Crippen molar-refractivity contribution < 1.29 is 14.6 Å². The quantitative estimate of drug-likeness (QED) is 0.792. The second-order valence-electron chi connectivity index (χ2n) is 7.05. The molecule has 1 amide bonds. The Balaban J connectivity index is 1.48. The van der Waals surface area contributed by atoms with Crippen molar-refractivity contribution in [1.82, 2.24) is 14.8 Å². The average molecular weight is 362 g/mol. The molecule has 2 fully saturated rings. The zero-order valence-electron chi connectivity index (χ0n) is 15.6. The van der Waals surface area contributed by atoms with Gasteiger partial charge < -0.3 is 20.1 Å². The van der Waals surface area contributed by atoms with E-state index in [-0.39, 0.29) is 12.0 Å². The first-order valence-corrected chi connectivity index (χ1v) is 9.66. The van der Waals surface area contributed by atoms with Gasteiger partial charge in [0, 0.05) is 45.0 Å². The van der Waals surface area contributed by atoms with Gasteiger partial charge in [-0.2, -0.15) is 0 Å². The molecule has 1 atom stereocenters. The fraction of sp³-hybridized carbons (Fsp3) is 0.684. The van der Waals surface area contributed by atoms with E-state index < -0.39 is 0 Å². The molecule has 0 bridgehead atoms. The number of aliphatic hydroxyl groups is 1. The maximum absolute atomic E-state index is 12.7. The number of aromatic nitrogens is 1. The number of nitrogens with zero attached hydrogens (tertiary/aromatic N) is 3. The van der Waals surface area contributed by atoms with Gasteiger partial charge in [0.05, 0.1) is 24.9 Å². The Morgan fingerprint density at radius 2 is 2.04 bits per heavy atom. The first kappa shape index (κ1) is 19.1. The van der Waals surface area contributed by atoms with Crippen molar-refractivity contribution >= 4 is 11.7 Å². The molecular formula is C19H30N4O3. The molecule has 2 aliphatic rings. The van der Waals surface area contributed by atoms with Gasteiger partial charge in [-0.25, -0.2) is 4.98 Å². The molecule has 2 aliphatic heterocycles. The molecule has 1 aromatic heterocycles. The number of amides is 1. The number of ether oxygens (including phenoxy) is 1. The minimum Gasteiger partial charge on any atom is -0.391 e. The molecule has 0 unspecified atom stereocenters. The molecule has 0 radical (unpaired) electrons. The number of carbonyl (C=O) groups is 1. The fourth-order valence-electron chi connectivity index (χ4n) is 3.55. The maximum Gasteiger partial charge on any atom is 0.255 e. The number of piperidine rings is 1. The van der Waals surface area contributed by atoms with Crippen molar-refractivity contribution in [3.63, 3.8) is 0 Å². The normalized spacial score (nSPS) is 20.8. The van der Waals surface area contributed by atoms with Crippen LogP contribution < -0.4 is 5.32 Å². The Morgan fingerprint density at radius 3 is 2.65 bits per heavy atom. The number of hydrogen-bond acceptors (Lipinski definition) is 6. The second-order valence-corrected chi connectivity index (χ2v) is 7.05. The van der Waals surface area contributed by atoms with Gasteiger partial charge in [0.2, 0.25) is 0 Å². The third-order valence-corrected chi connectivity index (χ3v) is 5.31. The van der Waals surface area contributed by atoms with E-state index in [1.165, 1.54) is 0 Å². The van der Waals surface area contributed by atoms with E-state index in [0.717, 1.165) is 52.2 Å². The van der Waals surface area contributed by atoms with Crippen LogP contribution in [0, 0.1) is 0 Å². The second kappa shape index (κ2) is 9.30. The van der Waals surface area contributed by atoms with Gasteiger partial charge in [-0.1, -0.05) is 6.92 Å². The van der Waals surface area contributed by atoms with Crippen LogP contribution >= 0.6 is 0 Å². The zero-order valence-corrected chi connectivity index (χ0v) is 15.6. The molecular weight excluding hydrogens is 332 g/mol. The summed E-state index contributed by atoms with van der Waals surface area (Å²) in [7, 11) is 0. The molecule has 0 aliphatic carbocycles. The fourth-order valence-corrected chi connectivity index (χ4v) is 3.55. The number of morpholine rings is 1. The molecule has 7 heteroatoms. The summed E-state index contributed by atoms with van der Waals surface area (Å²) >= 11 is 0. The monoisotopic (exact) mass is 362 g/mol. The van der Waals surface area contributed by atoms with Crippen molar-refractivity contribution in [3.05, 3.63) is 23.9 Å². The lowest BCUT2D eigenvalue weighted by atomic mass is 10.0. The van der Waals surface area contributed by atoms with E-state index >= 15 is 0 Å². The number of carbonyl (C=O) groups excluding carboxylic acids is 1. The number of nitrogens with one attached hydrogen (secondary N) is 1. The summed E-state index contributed by atoms with van der Waals surface area (Å²) in [6.45, 7) is 7.64. The first-order chi connectivity index (χ1) is 12.7. The summed E-state index contributed by atoms with van der Waals surface area (Å²) in [6, 6.07) is 4.18. The van der Waals surface area contributed by atoms with Crippen LogP contribution in [0.1, 0.15) is 36.5 Å². The minimum atomic E-state index is -0.383. The van der Waals surface area contributed by atoms with Crippen molar-refractivity contribution in [2.45, 2.75) is 38.3 Å². The zero-order chi connectivity index (χ0) is 18.4. The highest BCUT2D eigenvalue weighted by molar-refractivity contribution is 5.94. The van der Waals surface area contributed by atoms with Gasteiger partial charge in [0.15, 0.2) is 0 Å². The molecule has 0 saturated carbocycles. The van der Waals surface area contributed by atoms with E-state index in [1.54, 1.807) is 12.3 Å². The summed E-state index contributed by atoms with van der Waals surface area (Å²) in [6.07, 6.45) is 3.98. The lowest BCUT2D eigenvalue weighted by Crippen LogP contribution is -2.50.